The predicted octanol–water partition coefficient (Wildman–Crippen LogP) is 4.73. The number of rotatable bonds is 8. The van der Waals surface area contributed by atoms with Gasteiger partial charge in [-0.3, -0.25) is 4.79 Å². The first-order valence-electron chi connectivity index (χ1n) is 11.7. The van der Waals surface area contributed by atoms with E-state index < -0.39 is 9.84 Å². The molecule has 1 amide bonds. The van der Waals surface area contributed by atoms with E-state index in [0.717, 1.165) is 28.6 Å². The van der Waals surface area contributed by atoms with Crippen LogP contribution in [0.2, 0.25) is 0 Å². The van der Waals surface area contributed by atoms with Crippen molar-refractivity contribution in [2.45, 2.75) is 11.3 Å². The number of ether oxygens (including phenoxy) is 1. The molecule has 2 aromatic heterocycles. The smallest absolute Gasteiger partial charge is 0.247 e. The van der Waals surface area contributed by atoms with Gasteiger partial charge in [-0.1, -0.05) is 42.5 Å². The van der Waals surface area contributed by atoms with Crippen LogP contribution >= 0.6 is 0 Å². The van der Waals surface area contributed by atoms with E-state index in [1.165, 1.54) is 19.2 Å². The Hall–Kier alpha value is -4.70. The summed E-state index contributed by atoms with van der Waals surface area (Å²) in [6.07, 6.45) is 3.32. The van der Waals surface area contributed by atoms with Gasteiger partial charge in [0.05, 0.1) is 24.1 Å². The van der Waals surface area contributed by atoms with E-state index in [-0.39, 0.29) is 10.8 Å². The molecule has 0 radical (unpaired) electrons. The van der Waals surface area contributed by atoms with Crippen LogP contribution in [0.3, 0.4) is 0 Å². The Bertz CT molecular complexity index is 1720. The Labute approximate surface area is 220 Å². The minimum Gasteiger partial charge on any atom is -0.495 e. The van der Waals surface area contributed by atoms with Gasteiger partial charge in [0.2, 0.25) is 11.9 Å². The van der Waals surface area contributed by atoms with Crippen molar-refractivity contribution < 1.29 is 17.9 Å². The van der Waals surface area contributed by atoms with Crippen molar-refractivity contribution in [2.24, 2.45) is 0 Å². The summed E-state index contributed by atoms with van der Waals surface area (Å²) in [5, 5.41) is 10.5. The van der Waals surface area contributed by atoms with Crippen LogP contribution in [0.15, 0.2) is 96.0 Å². The number of hydrogen-bond acceptors (Lipinski definition) is 7. The maximum absolute atomic E-state index is 12.3. The van der Waals surface area contributed by atoms with E-state index in [9.17, 15) is 13.2 Å². The first-order valence-corrected chi connectivity index (χ1v) is 13.6. The summed E-state index contributed by atoms with van der Waals surface area (Å²) in [5.74, 6) is 0.628. The minimum absolute atomic E-state index is 0.0735. The molecule has 0 saturated carbocycles. The van der Waals surface area contributed by atoms with Crippen LogP contribution in [0, 0.1) is 0 Å². The highest BCUT2D eigenvalue weighted by Gasteiger charge is 2.14. The van der Waals surface area contributed by atoms with Crippen molar-refractivity contribution in [3.63, 3.8) is 0 Å². The molecule has 10 heteroatoms. The highest BCUT2D eigenvalue weighted by molar-refractivity contribution is 7.90. The normalized spacial score (nSPS) is 11.3. The quantitative estimate of drug-likeness (QED) is 0.300. The molecule has 9 nitrogen and oxygen atoms in total. The number of nitrogens with one attached hydrogen (secondary N) is 2. The number of sulfone groups is 1. The lowest BCUT2D eigenvalue weighted by Gasteiger charge is -2.10. The number of amides is 1. The molecule has 0 unspecified atom stereocenters. The van der Waals surface area contributed by atoms with Gasteiger partial charge in [0.25, 0.3) is 0 Å². The number of aromatic nitrogens is 3. The summed E-state index contributed by atoms with van der Waals surface area (Å²) in [7, 11) is -1.89. The lowest BCUT2D eigenvalue weighted by atomic mass is 10.1. The minimum atomic E-state index is -3.36. The van der Waals surface area contributed by atoms with Crippen molar-refractivity contribution in [3.05, 3.63) is 96.7 Å². The summed E-state index contributed by atoms with van der Waals surface area (Å²) in [5.41, 5.74) is 4.73. The molecule has 3 aromatic carbocycles. The number of pyridine rings is 1. The molecule has 38 heavy (non-hydrogen) atoms. The SMILES string of the molecule is COc1cc(S(C)(=O)=O)ccc1Nc1nc2ccc(-c3ccc(NC(=O)Cc4ccccc4)cc3)cn2n1. The summed E-state index contributed by atoms with van der Waals surface area (Å²) >= 11 is 0. The summed E-state index contributed by atoms with van der Waals surface area (Å²) in [6, 6.07) is 25.6. The molecule has 0 aliphatic heterocycles. The molecule has 0 spiro atoms. The van der Waals surface area contributed by atoms with Crippen LogP contribution < -0.4 is 15.4 Å². The highest BCUT2D eigenvalue weighted by atomic mass is 32.2. The Morgan fingerprint density at radius 2 is 1.68 bits per heavy atom. The number of hydrogen-bond donors (Lipinski definition) is 2. The number of nitrogens with zero attached hydrogens (tertiary/aromatic N) is 3. The molecular formula is C28H25N5O4S. The van der Waals surface area contributed by atoms with Crippen molar-refractivity contribution in [3.8, 4) is 16.9 Å². The number of carbonyl (C=O) groups is 1. The van der Waals surface area contributed by atoms with E-state index in [1.54, 1.807) is 10.6 Å². The molecule has 0 atom stereocenters. The zero-order valence-electron chi connectivity index (χ0n) is 20.8. The molecular weight excluding hydrogens is 502 g/mol. The molecule has 192 valence electrons. The summed E-state index contributed by atoms with van der Waals surface area (Å²) in [6.45, 7) is 0. The van der Waals surface area contributed by atoms with Gasteiger partial charge in [-0.2, -0.15) is 4.98 Å². The Morgan fingerprint density at radius 3 is 2.39 bits per heavy atom. The second-order valence-electron chi connectivity index (χ2n) is 8.70. The van der Waals surface area contributed by atoms with E-state index in [2.05, 4.69) is 20.7 Å². The average Bonchev–Trinajstić information content (AvgIpc) is 3.31. The van der Waals surface area contributed by atoms with Crippen LogP contribution in [0.1, 0.15) is 5.56 Å². The largest absolute Gasteiger partial charge is 0.495 e. The van der Waals surface area contributed by atoms with Crippen LogP contribution in [0.5, 0.6) is 5.75 Å². The fraction of sp³-hybridized carbons (Fsp3) is 0.107. The molecule has 0 saturated heterocycles. The number of methoxy groups -OCH3 is 1. The number of anilines is 3. The number of fused-ring (bicyclic) bond motifs is 1. The molecule has 2 heterocycles. The number of benzene rings is 3. The van der Waals surface area contributed by atoms with E-state index in [4.69, 9.17) is 4.74 Å². The van der Waals surface area contributed by atoms with Crippen LogP contribution in [-0.2, 0) is 21.1 Å². The van der Waals surface area contributed by atoms with E-state index in [1.807, 2.05) is 72.9 Å². The van der Waals surface area contributed by atoms with E-state index >= 15 is 0 Å². The topological polar surface area (TPSA) is 115 Å². The van der Waals surface area contributed by atoms with Crippen LogP contribution in [0.25, 0.3) is 16.8 Å². The van der Waals surface area contributed by atoms with Gasteiger partial charge >= 0.3 is 0 Å². The molecule has 0 bridgehead atoms. The van der Waals surface area contributed by atoms with Gasteiger partial charge in [0, 0.05) is 29.8 Å². The van der Waals surface area contributed by atoms with Crippen LogP contribution in [-0.4, -0.2) is 42.3 Å². The van der Waals surface area contributed by atoms with Crippen molar-refractivity contribution in [2.75, 3.05) is 24.0 Å². The predicted molar refractivity (Wildman–Crippen MR) is 147 cm³/mol. The molecule has 0 fully saturated rings. The zero-order chi connectivity index (χ0) is 26.7. The molecule has 5 aromatic rings. The van der Waals surface area contributed by atoms with Crippen molar-refractivity contribution >= 4 is 38.7 Å². The van der Waals surface area contributed by atoms with Crippen molar-refractivity contribution in [1.82, 2.24) is 14.6 Å². The fourth-order valence-corrected chi connectivity index (χ4v) is 4.60. The lowest BCUT2D eigenvalue weighted by Crippen LogP contribution is -2.14. The van der Waals surface area contributed by atoms with Crippen molar-refractivity contribution in [1.29, 1.82) is 0 Å². The van der Waals surface area contributed by atoms with Gasteiger partial charge < -0.3 is 15.4 Å². The van der Waals surface area contributed by atoms with Gasteiger partial charge in [-0.05, 0) is 47.5 Å². The van der Waals surface area contributed by atoms with Gasteiger partial charge in [0.15, 0.2) is 15.5 Å². The molecule has 2 N–H and O–H groups in total. The zero-order valence-corrected chi connectivity index (χ0v) is 21.6. The summed E-state index contributed by atoms with van der Waals surface area (Å²) < 4.78 is 30.7. The van der Waals surface area contributed by atoms with Gasteiger partial charge in [0.1, 0.15) is 5.75 Å². The third-order valence-electron chi connectivity index (χ3n) is 5.89. The van der Waals surface area contributed by atoms with Crippen LogP contribution in [0.4, 0.5) is 17.3 Å². The second kappa shape index (κ2) is 10.3. The van der Waals surface area contributed by atoms with Gasteiger partial charge in [-0.25, -0.2) is 12.9 Å². The first-order chi connectivity index (χ1) is 18.3. The molecule has 5 rings (SSSR count). The lowest BCUT2D eigenvalue weighted by molar-refractivity contribution is -0.115. The van der Waals surface area contributed by atoms with Gasteiger partial charge in [-0.15, -0.1) is 5.10 Å². The molecule has 0 aliphatic carbocycles. The van der Waals surface area contributed by atoms with E-state index in [0.29, 0.717) is 29.5 Å². The third kappa shape index (κ3) is 5.65. The maximum atomic E-state index is 12.3. The Balaban J connectivity index is 1.30. The first kappa shape index (κ1) is 25.0. The maximum Gasteiger partial charge on any atom is 0.247 e. The monoisotopic (exact) mass is 527 g/mol. The molecule has 0 aliphatic rings. The third-order valence-corrected chi connectivity index (χ3v) is 7.00. The summed E-state index contributed by atoms with van der Waals surface area (Å²) in [4.78, 5) is 17.0. The Kier molecular flexibility index (Phi) is 6.80. The standard InChI is InChI=1S/C28H25N5O4S/c1-37-25-17-23(38(2,35)36)13-14-24(25)30-28-31-26-15-10-21(18-33(26)32-28)20-8-11-22(12-9-20)29-27(34)16-19-6-4-3-5-7-19/h3-15,17-18H,16H2,1-2H3,(H,29,34)(H,30,32). The Morgan fingerprint density at radius 1 is 0.947 bits per heavy atom. The average molecular weight is 528 g/mol. The highest BCUT2D eigenvalue weighted by Crippen LogP contribution is 2.30. The fourth-order valence-electron chi connectivity index (χ4n) is 3.97. The number of carbonyl (C=O) groups excluding carboxylic acids is 1. The second-order valence-corrected chi connectivity index (χ2v) is 10.7.